The van der Waals surface area contributed by atoms with E-state index < -0.39 is 23.5 Å². The first-order valence-electron chi connectivity index (χ1n) is 9.16. The molecule has 0 aliphatic carbocycles. The van der Waals surface area contributed by atoms with Crippen molar-refractivity contribution in [2.45, 2.75) is 13.0 Å². The molecule has 0 aromatic heterocycles. The summed E-state index contributed by atoms with van der Waals surface area (Å²) in [6.45, 7) is 1.86. The Morgan fingerprint density at radius 3 is 2.31 bits per heavy atom. The average molecular weight is 387 g/mol. The van der Waals surface area contributed by atoms with Gasteiger partial charge in [-0.1, -0.05) is 60.7 Å². The van der Waals surface area contributed by atoms with Gasteiger partial charge in [0.15, 0.2) is 0 Å². The van der Waals surface area contributed by atoms with E-state index in [1.807, 2.05) is 13.0 Å². The van der Waals surface area contributed by atoms with E-state index in [-0.39, 0.29) is 16.9 Å². The molecule has 1 heterocycles. The van der Waals surface area contributed by atoms with Gasteiger partial charge in [-0.3, -0.25) is 14.5 Å². The Morgan fingerprint density at radius 2 is 1.62 bits per heavy atom. The molecule has 4 rings (SSSR count). The van der Waals surface area contributed by atoms with E-state index in [4.69, 9.17) is 0 Å². The monoisotopic (exact) mass is 387 g/mol. The number of rotatable bonds is 3. The van der Waals surface area contributed by atoms with Crippen LogP contribution in [0.4, 0.5) is 10.1 Å². The summed E-state index contributed by atoms with van der Waals surface area (Å²) in [7, 11) is 0. The number of Topliss-reactive ketones (excluding diaryl/α,β-unsaturated/α-hetero) is 1. The zero-order valence-electron chi connectivity index (χ0n) is 15.7. The van der Waals surface area contributed by atoms with Crippen LogP contribution in [-0.2, 0) is 9.59 Å². The van der Waals surface area contributed by atoms with Gasteiger partial charge in [0.1, 0.15) is 11.6 Å². The predicted octanol–water partition coefficient (Wildman–Crippen LogP) is 4.76. The molecule has 5 heteroatoms. The van der Waals surface area contributed by atoms with Gasteiger partial charge in [0.25, 0.3) is 11.7 Å². The lowest BCUT2D eigenvalue weighted by molar-refractivity contribution is -0.132. The second kappa shape index (κ2) is 7.36. The number of amides is 1. The van der Waals surface area contributed by atoms with Crippen LogP contribution in [0.25, 0.3) is 5.76 Å². The Balaban J connectivity index is 1.99. The molecule has 0 saturated carbocycles. The maximum Gasteiger partial charge on any atom is 0.300 e. The summed E-state index contributed by atoms with van der Waals surface area (Å²) in [5.41, 5.74) is 1.75. The molecule has 0 bridgehead atoms. The number of halogens is 1. The SMILES string of the molecule is Cc1cccc(N2C(=O)C(=O)C(=C(O)c3ccccc3)[C@H]2c2ccccc2F)c1. The average Bonchev–Trinajstić information content (AvgIpc) is 2.99. The second-order valence-corrected chi connectivity index (χ2v) is 6.90. The summed E-state index contributed by atoms with van der Waals surface area (Å²) in [6.07, 6.45) is 0. The molecule has 29 heavy (non-hydrogen) atoms. The highest BCUT2D eigenvalue weighted by Crippen LogP contribution is 2.42. The molecule has 4 nitrogen and oxygen atoms in total. The predicted molar refractivity (Wildman–Crippen MR) is 109 cm³/mol. The molecule has 1 fully saturated rings. The molecular weight excluding hydrogens is 369 g/mol. The number of carbonyl (C=O) groups excluding carboxylic acids is 2. The van der Waals surface area contributed by atoms with E-state index in [9.17, 15) is 19.1 Å². The van der Waals surface area contributed by atoms with Crippen molar-refractivity contribution in [3.63, 3.8) is 0 Å². The lowest BCUT2D eigenvalue weighted by atomic mass is 9.94. The lowest BCUT2D eigenvalue weighted by Crippen LogP contribution is -2.29. The van der Waals surface area contributed by atoms with E-state index in [1.165, 1.54) is 23.1 Å². The number of aliphatic hydroxyl groups is 1. The maximum atomic E-state index is 14.7. The smallest absolute Gasteiger partial charge is 0.300 e. The van der Waals surface area contributed by atoms with Crippen LogP contribution in [0.2, 0.25) is 0 Å². The van der Waals surface area contributed by atoms with E-state index in [0.717, 1.165) is 5.56 Å². The van der Waals surface area contributed by atoms with Crippen LogP contribution in [0, 0.1) is 12.7 Å². The zero-order chi connectivity index (χ0) is 20.5. The Morgan fingerprint density at radius 1 is 0.931 bits per heavy atom. The summed E-state index contributed by atoms with van der Waals surface area (Å²) in [5, 5.41) is 10.9. The topological polar surface area (TPSA) is 57.6 Å². The summed E-state index contributed by atoms with van der Waals surface area (Å²) < 4.78 is 14.7. The molecule has 1 aliphatic heterocycles. The second-order valence-electron chi connectivity index (χ2n) is 6.90. The Labute approximate surface area is 167 Å². The Bertz CT molecular complexity index is 1140. The molecule has 1 atom stereocenters. The fourth-order valence-corrected chi connectivity index (χ4v) is 3.62. The quantitative estimate of drug-likeness (QED) is 0.400. The normalized spacial score (nSPS) is 18.3. The maximum absolute atomic E-state index is 14.7. The number of hydrogen-bond donors (Lipinski definition) is 1. The Hall–Kier alpha value is -3.73. The van der Waals surface area contributed by atoms with Crippen molar-refractivity contribution >= 4 is 23.1 Å². The van der Waals surface area contributed by atoms with Gasteiger partial charge in [-0.05, 0) is 30.7 Å². The largest absolute Gasteiger partial charge is 0.507 e. The fourth-order valence-electron chi connectivity index (χ4n) is 3.62. The van der Waals surface area contributed by atoms with Crippen LogP contribution in [0.3, 0.4) is 0 Å². The minimum Gasteiger partial charge on any atom is -0.507 e. The van der Waals surface area contributed by atoms with Gasteiger partial charge in [0.2, 0.25) is 0 Å². The van der Waals surface area contributed by atoms with Crippen molar-refractivity contribution in [1.29, 1.82) is 0 Å². The highest BCUT2D eigenvalue weighted by Gasteiger charge is 2.47. The first-order valence-corrected chi connectivity index (χ1v) is 9.16. The molecule has 1 saturated heterocycles. The van der Waals surface area contributed by atoms with Gasteiger partial charge in [-0.25, -0.2) is 4.39 Å². The van der Waals surface area contributed by atoms with E-state index in [1.54, 1.807) is 54.6 Å². The Kier molecular flexibility index (Phi) is 4.72. The van der Waals surface area contributed by atoms with Gasteiger partial charge >= 0.3 is 0 Å². The minimum absolute atomic E-state index is 0.132. The van der Waals surface area contributed by atoms with Gasteiger partial charge in [0, 0.05) is 16.8 Å². The standard InChI is InChI=1S/C24H18FNO3/c1-15-8-7-11-17(14-15)26-21(18-12-5-6-13-19(18)25)20(23(28)24(26)29)22(27)16-9-3-2-4-10-16/h2-14,21,27H,1H3/t21-/m1/s1. The van der Waals surface area contributed by atoms with E-state index >= 15 is 0 Å². The van der Waals surface area contributed by atoms with Crippen LogP contribution in [0.1, 0.15) is 22.7 Å². The highest BCUT2D eigenvalue weighted by atomic mass is 19.1. The van der Waals surface area contributed by atoms with Gasteiger partial charge in [0.05, 0.1) is 11.6 Å². The van der Waals surface area contributed by atoms with Crippen molar-refractivity contribution < 1.29 is 19.1 Å². The number of hydrogen-bond acceptors (Lipinski definition) is 3. The van der Waals surface area contributed by atoms with Crippen LogP contribution in [0.15, 0.2) is 84.4 Å². The van der Waals surface area contributed by atoms with Crippen molar-refractivity contribution in [3.8, 4) is 0 Å². The van der Waals surface area contributed by atoms with Gasteiger partial charge < -0.3 is 5.11 Å². The number of ketones is 1. The van der Waals surface area contributed by atoms with Crippen molar-refractivity contribution in [2.24, 2.45) is 0 Å². The number of benzene rings is 3. The van der Waals surface area contributed by atoms with Crippen LogP contribution >= 0.6 is 0 Å². The molecule has 0 unspecified atom stereocenters. The summed E-state index contributed by atoms with van der Waals surface area (Å²) in [6, 6.07) is 20.4. The molecule has 1 aliphatic rings. The molecular formula is C24H18FNO3. The van der Waals surface area contributed by atoms with Crippen LogP contribution < -0.4 is 4.90 Å². The van der Waals surface area contributed by atoms with E-state index in [0.29, 0.717) is 11.3 Å². The summed E-state index contributed by atoms with van der Waals surface area (Å²) >= 11 is 0. The third kappa shape index (κ3) is 3.21. The molecule has 1 N–H and O–H groups in total. The first-order chi connectivity index (χ1) is 14.0. The molecule has 3 aromatic carbocycles. The summed E-state index contributed by atoms with van der Waals surface area (Å²) in [4.78, 5) is 27.2. The van der Waals surface area contributed by atoms with E-state index in [2.05, 4.69) is 0 Å². The van der Waals surface area contributed by atoms with Gasteiger partial charge in [-0.15, -0.1) is 0 Å². The first kappa shape index (κ1) is 18.6. The number of aryl methyl sites for hydroxylation is 1. The zero-order valence-corrected chi connectivity index (χ0v) is 15.7. The molecule has 3 aromatic rings. The number of anilines is 1. The molecule has 0 radical (unpaired) electrons. The summed E-state index contributed by atoms with van der Waals surface area (Å²) in [5.74, 6) is -2.54. The van der Waals surface area contributed by atoms with Crippen molar-refractivity contribution in [1.82, 2.24) is 0 Å². The number of aliphatic hydroxyl groups excluding tert-OH is 1. The minimum atomic E-state index is -1.07. The molecule has 0 spiro atoms. The van der Waals surface area contributed by atoms with Crippen molar-refractivity contribution in [3.05, 3.63) is 107 Å². The fraction of sp³-hybridized carbons (Fsp3) is 0.0833. The lowest BCUT2D eigenvalue weighted by Gasteiger charge is -2.26. The third-order valence-electron chi connectivity index (χ3n) is 4.97. The van der Waals surface area contributed by atoms with Gasteiger partial charge in [-0.2, -0.15) is 0 Å². The number of nitrogens with zero attached hydrogens (tertiary/aromatic N) is 1. The van der Waals surface area contributed by atoms with Crippen LogP contribution in [0.5, 0.6) is 0 Å². The molecule has 144 valence electrons. The van der Waals surface area contributed by atoms with Crippen LogP contribution in [-0.4, -0.2) is 16.8 Å². The molecule has 1 amide bonds. The van der Waals surface area contributed by atoms with Crippen molar-refractivity contribution in [2.75, 3.05) is 4.90 Å². The highest BCUT2D eigenvalue weighted by molar-refractivity contribution is 6.51. The third-order valence-corrected chi connectivity index (χ3v) is 4.97. The number of carbonyl (C=O) groups is 2.